The Morgan fingerprint density at radius 3 is 1.93 bits per heavy atom. The van der Waals surface area contributed by atoms with Crippen molar-refractivity contribution in [3.05, 3.63) is 70.3 Å². The van der Waals surface area contributed by atoms with Crippen molar-refractivity contribution in [2.75, 3.05) is 0 Å². The van der Waals surface area contributed by atoms with E-state index in [2.05, 4.69) is 27.7 Å². The van der Waals surface area contributed by atoms with Gasteiger partial charge in [0.2, 0.25) is 0 Å². The van der Waals surface area contributed by atoms with Crippen LogP contribution in [0.2, 0.25) is 0 Å². The molecule has 2 aromatic rings. The van der Waals surface area contributed by atoms with Crippen LogP contribution in [0.5, 0.6) is 5.75 Å². The molecule has 0 aliphatic heterocycles. The maximum atomic E-state index is 12.8. The number of hydrogen-bond acceptors (Lipinski definition) is 4. The Bertz CT molecular complexity index is 1030. The number of hydrogen-bond donors (Lipinski definition) is 3. The van der Waals surface area contributed by atoms with Crippen LogP contribution in [0.15, 0.2) is 42.5 Å². The van der Waals surface area contributed by atoms with Crippen LogP contribution in [0.25, 0.3) is 5.76 Å². The molecule has 2 aromatic carbocycles. The minimum Gasteiger partial charge on any atom is -0.507 e. The molecular formula is C24H26O5. The van der Waals surface area contributed by atoms with Crippen LogP contribution in [0.4, 0.5) is 0 Å². The molecule has 5 heteroatoms. The Morgan fingerprint density at radius 2 is 1.38 bits per heavy atom. The fourth-order valence-electron chi connectivity index (χ4n) is 3.97. The zero-order valence-corrected chi connectivity index (χ0v) is 17.1. The molecule has 0 spiro atoms. The number of ketones is 1. The lowest BCUT2D eigenvalue weighted by molar-refractivity contribution is 0.0695. The topological polar surface area (TPSA) is 94.8 Å². The van der Waals surface area contributed by atoms with E-state index in [1.54, 1.807) is 24.3 Å². The molecule has 29 heavy (non-hydrogen) atoms. The minimum absolute atomic E-state index is 0.0484. The summed E-state index contributed by atoms with van der Waals surface area (Å²) in [5.74, 6) is -2.38. The number of phenolic OH excluding ortho intramolecular Hbond substituents is 1. The van der Waals surface area contributed by atoms with Gasteiger partial charge in [-0.15, -0.1) is 0 Å². The number of aliphatic hydroxyl groups excluding tert-OH is 1. The summed E-state index contributed by atoms with van der Waals surface area (Å²) in [5, 5.41) is 30.2. The normalized spacial score (nSPS) is 17.4. The summed E-state index contributed by atoms with van der Waals surface area (Å²) in [6.07, 6.45) is 2.90. The number of carboxylic acids is 1. The van der Waals surface area contributed by atoms with Crippen LogP contribution < -0.4 is 0 Å². The van der Waals surface area contributed by atoms with Gasteiger partial charge < -0.3 is 15.3 Å². The summed E-state index contributed by atoms with van der Waals surface area (Å²) in [6.45, 7) is 8.47. The molecule has 0 saturated heterocycles. The van der Waals surface area contributed by atoms with Gasteiger partial charge in [0.25, 0.3) is 0 Å². The number of benzene rings is 2. The number of aliphatic hydroxyl groups is 1. The van der Waals surface area contributed by atoms with Crippen LogP contribution in [0.3, 0.4) is 0 Å². The van der Waals surface area contributed by atoms with Gasteiger partial charge in [-0.3, -0.25) is 4.79 Å². The van der Waals surface area contributed by atoms with Gasteiger partial charge in [0.15, 0.2) is 5.78 Å². The van der Waals surface area contributed by atoms with E-state index < -0.39 is 17.5 Å². The van der Waals surface area contributed by atoms with Gasteiger partial charge >= 0.3 is 5.97 Å². The molecule has 0 aromatic heterocycles. The van der Waals surface area contributed by atoms with Crippen molar-refractivity contribution in [1.82, 2.24) is 0 Å². The van der Waals surface area contributed by atoms with Crippen molar-refractivity contribution >= 4 is 17.5 Å². The third kappa shape index (κ3) is 3.77. The highest BCUT2D eigenvalue weighted by atomic mass is 16.4. The van der Waals surface area contributed by atoms with Crippen molar-refractivity contribution in [1.29, 1.82) is 0 Å². The van der Waals surface area contributed by atoms with E-state index in [4.69, 9.17) is 0 Å². The molecule has 0 atom stereocenters. The highest BCUT2D eigenvalue weighted by Crippen LogP contribution is 2.47. The summed E-state index contributed by atoms with van der Waals surface area (Å²) in [4.78, 5) is 24.2. The highest BCUT2D eigenvalue weighted by Gasteiger charge is 2.38. The van der Waals surface area contributed by atoms with E-state index in [0.29, 0.717) is 0 Å². The van der Waals surface area contributed by atoms with Crippen LogP contribution in [0.1, 0.15) is 77.9 Å². The highest BCUT2D eigenvalue weighted by molar-refractivity contribution is 6.10. The molecule has 0 amide bonds. The number of rotatable bonds is 4. The standard InChI is InChI=1S/C24H26O5/c1-23(2)9-10-24(3,4)18-12-19(25)16(11-17(18)23)21(27)13-20(26)14-7-5-6-8-15(14)22(28)29/h5-8,11-13,25-26H,9-10H2,1-4H3,(H,28,29). The Balaban J connectivity index is 2.07. The molecule has 1 aliphatic carbocycles. The molecule has 0 bridgehead atoms. The average molecular weight is 394 g/mol. The first-order valence-corrected chi connectivity index (χ1v) is 9.60. The fourth-order valence-corrected chi connectivity index (χ4v) is 3.97. The van der Waals surface area contributed by atoms with Crippen LogP contribution in [-0.2, 0) is 10.8 Å². The van der Waals surface area contributed by atoms with Crippen molar-refractivity contribution in [3.8, 4) is 5.75 Å². The van der Waals surface area contributed by atoms with E-state index in [1.165, 1.54) is 12.1 Å². The summed E-state index contributed by atoms with van der Waals surface area (Å²) in [5.41, 5.74) is 1.81. The van der Waals surface area contributed by atoms with E-state index in [-0.39, 0.29) is 33.3 Å². The molecule has 3 rings (SSSR count). The number of carbonyl (C=O) groups is 2. The van der Waals surface area contributed by atoms with Gasteiger partial charge in [0.1, 0.15) is 11.5 Å². The number of allylic oxidation sites excluding steroid dienone is 1. The van der Waals surface area contributed by atoms with Gasteiger partial charge in [0.05, 0.1) is 11.1 Å². The van der Waals surface area contributed by atoms with Crippen molar-refractivity contribution in [3.63, 3.8) is 0 Å². The quantitative estimate of drug-likeness (QED) is 0.375. The van der Waals surface area contributed by atoms with E-state index in [9.17, 15) is 24.9 Å². The Kier molecular flexibility index (Phi) is 5.03. The number of carbonyl (C=O) groups excluding carboxylic acids is 1. The number of aromatic hydroxyl groups is 1. The van der Waals surface area contributed by atoms with E-state index in [0.717, 1.165) is 30.0 Å². The van der Waals surface area contributed by atoms with E-state index in [1.807, 2.05) is 0 Å². The molecule has 1 aliphatic rings. The lowest BCUT2D eigenvalue weighted by atomic mass is 9.63. The number of carboxylic acid groups (broad SMARTS) is 1. The second kappa shape index (κ2) is 7.07. The van der Waals surface area contributed by atoms with E-state index >= 15 is 0 Å². The van der Waals surface area contributed by atoms with Crippen molar-refractivity contribution in [2.45, 2.75) is 51.4 Å². The second-order valence-corrected chi connectivity index (χ2v) is 8.93. The molecule has 0 radical (unpaired) electrons. The molecule has 5 nitrogen and oxygen atoms in total. The van der Waals surface area contributed by atoms with Gasteiger partial charge in [-0.2, -0.15) is 0 Å². The van der Waals surface area contributed by atoms with Crippen molar-refractivity contribution in [2.24, 2.45) is 0 Å². The smallest absolute Gasteiger partial charge is 0.336 e. The summed E-state index contributed by atoms with van der Waals surface area (Å²) in [7, 11) is 0. The van der Waals surface area contributed by atoms with Crippen molar-refractivity contribution < 1.29 is 24.9 Å². The maximum Gasteiger partial charge on any atom is 0.336 e. The summed E-state index contributed by atoms with van der Waals surface area (Å²) >= 11 is 0. The second-order valence-electron chi connectivity index (χ2n) is 8.93. The van der Waals surface area contributed by atoms with Gasteiger partial charge in [-0.25, -0.2) is 4.79 Å². The molecule has 0 saturated carbocycles. The SMILES string of the molecule is CC1(C)CCC(C)(C)c2cc(C(=O)C=C(O)c3ccccc3C(=O)O)c(O)cc21. The van der Waals surface area contributed by atoms with Crippen LogP contribution >= 0.6 is 0 Å². The minimum atomic E-state index is -1.20. The predicted molar refractivity (Wildman–Crippen MR) is 112 cm³/mol. The molecule has 0 unspecified atom stereocenters. The third-order valence-electron chi connectivity index (χ3n) is 5.94. The number of phenols is 1. The molecular weight excluding hydrogens is 368 g/mol. The van der Waals surface area contributed by atoms with Gasteiger partial charge in [0, 0.05) is 11.6 Å². The van der Waals surface area contributed by atoms with Crippen LogP contribution in [0, 0.1) is 0 Å². The molecule has 0 heterocycles. The van der Waals surface area contributed by atoms with Gasteiger partial charge in [-0.1, -0.05) is 45.9 Å². The first-order valence-electron chi connectivity index (χ1n) is 9.60. The predicted octanol–water partition coefficient (Wildman–Crippen LogP) is 5.22. The summed E-state index contributed by atoms with van der Waals surface area (Å²) < 4.78 is 0. The fraction of sp³-hybridized carbons (Fsp3) is 0.333. The van der Waals surface area contributed by atoms with Crippen LogP contribution in [-0.4, -0.2) is 27.1 Å². The average Bonchev–Trinajstić information content (AvgIpc) is 2.65. The Hall–Kier alpha value is -3.08. The Morgan fingerprint density at radius 1 is 0.862 bits per heavy atom. The first-order chi connectivity index (χ1) is 13.4. The zero-order valence-electron chi connectivity index (χ0n) is 17.1. The lowest BCUT2D eigenvalue weighted by Crippen LogP contribution is -2.34. The largest absolute Gasteiger partial charge is 0.507 e. The monoisotopic (exact) mass is 394 g/mol. The molecule has 0 fully saturated rings. The number of fused-ring (bicyclic) bond motifs is 1. The molecule has 152 valence electrons. The zero-order chi connectivity index (χ0) is 21.6. The van der Waals surface area contributed by atoms with Gasteiger partial charge in [-0.05, 0) is 53.0 Å². The lowest BCUT2D eigenvalue weighted by Gasteiger charge is -2.42. The maximum absolute atomic E-state index is 12.8. The first kappa shape index (κ1) is 20.6. The summed E-state index contributed by atoms with van der Waals surface area (Å²) in [6, 6.07) is 9.27. The number of aromatic carboxylic acids is 1. The molecule has 3 N–H and O–H groups in total. The third-order valence-corrected chi connectivity index (χ3v) is 5.94. The Labute approximate surface area is 170 Å².